The van der Waals surface area contributed by atoms with Crippen LogP contribution < -0.4 is 11.1 Å². The van der Waals surface area contributed by atoms with Gasteiger partial charge in [0.1, 0.15) is 6.61 Å². The van der Waals surface area contributed by atoms with Crippen LogP contribution in [0.25, 0.3) is 0 Å². The standard InChI is InChI=1S/C25H48N2O6S/c1-3-4-5-6-7-8-9-10-11-12-13-14-15-16-23(29)33-17-18-34-20-21(26)24(30)27-22(19-28)25(31)32-2/h21-22,28H,3-20,26H2,1-2H3,(H,27,30)/t21-,22-/m0/s1. The molecule has 0 radical (unpaired) electrons. The van der Waals surface area contributed by atoms with Gasteiger partial charge in [0, 0.05) is 17.9 Å². The van der Waals surface area contributed by atoms with Crippen molar-refractivity contribution in [1.82, 2.24) is 5.32 Å². The van der Waals surface area contributed by atoms with Crippen LogP contribution in [0.5, 0.6) is 0 Å². The van der Waals surface area contributed by atoms with Crippen LogP contribution in [-0.2, 0) is 23.9 Å². The molecule has 4 N–H and O–H groups in total. The topological polar surface area (TPSA) is 128 Å². The van der Waals surface area contributed by atoms with Gasteiger partial charge in [0.2, 0.25) is 5.91 Å². The molecule has 0 bridgehead atoms. The summed E-state index contributed by atoms with van der Waals surface area (Å²) in [5.74, 6) is -0.620. The quantitative estimate of drug-likeness (QED) is 0.142. The molecule has 0 aromatic heterocycles. The fraction of sp³-hybridized carbons (Fsp3) is 0.880. The molecule has 0 unspecified atom stereocenters. The molecule has 0 heterocycles. The zero-order chi connectivity index (χ0) is 25.4. The first-order valence-electron chi connectivity index (χ1n) is 12.9. The lowest BCUT2D eigenvalue weighted by Crippen LogP contribution is -2.51. The van der Waals surface area contributed by atoms with E-state index in [1.807, 2.05) is 0 Å². The molecule has 0 spiro atoms. The Bertz CT molecular complexity index is 536. The monoisotopic (exact) mass is 504 g/mol. The summed E-state index contributed by atoms with van der Waals surface area (Å²) in [4.78, 5) is 35.1. The van der Waals surface area contributed by atoms with Crippen LogP contribution in [0, 0.1) is 0 Å². The van der Waals surface area contributed by atoms with E-state index in [-0.39, 0.29) is 12.6 Å². The first-order valence-corrected chi connectivity index (χ1v) is 14.1. The van der Waals surface area contributed by atoms with Crippen LogP contribution in [0.4, 0.5) is 0 Å². The van der Waals surface area contributed by atoms with Crippen molar-refractivity contribution in [2.75, 3.05) is 31.8 Å². The van der Waals surface area contributed by atoms with Crippen molar-refractivity contribution in [2.24, 2.45) is 5.73 Å². The number of nitrogens with one attached hydrogen (secondary N) is 1. The molecule has 0 aromatic carbocycles. The maximum Gasteiger partial charge on any atom is 0.330 e. The van der Waals surface area contributed by atoms with E-state index in [0.717, 1.165) is 12.8 Å². The number of esters is 2. The highest BCUT2D eigenvalue weighted by Gasteiger charge is 2.23. The Hall–Kier alpha value is -1.32. The normalized spacial score (nSPS) is 12.7. The van der Waals surface area contributed by atoms with Crippen molar-refractivity contribution in [1.29, 1.82) is 0 Å². The first-order chi connectivity index (χ1) is 16.5. The van der Waals surface area contributed by atoms with Gasteiger partial charge in [-0.25, -0.2) is 4.79 Å². The Morgan fingerprint density at radius 1 is 0.912 bits per heavy atom. The molecule has 200 valence electrons. The second kappa shape index (κ2) is 23.4. The number of unbranched alkanes of at least 4 members (excludes halogenated alkanes) is 12. The van der Waals surface area contributed by atoms with Crippen molar-refractivity contribution in [3.05, 3.63) is 0 Å². The van der Waals surface area contributed by atoms with E-state index in [1.165, 1.54) is 89.5 Å². The van der Waals surface area contributed by atoms with Gasteiger partial charge in [0.15, 0.2) is 6.04 Å². The van der Waals surface area contributed by atoms with E-state index in [2.05, 4.69) is 17.0 Å². The van der Waals surface area contributed by atoms with E-state index in [9.17, 15) is 14.4 Å². The fourth-order valence-corrected chi connectivity index (χ4v) is 4.23. The second-order valence-electron chi connectivity index (χ2n) is 8.66. The Kier molecular flexibility index (Phi) is 22.5. The number of rotatable bonds is 23. The van der Waals surface area contributed by atoms with Gasteiger partial charge < -0.3 is 25.6 Å². The molecule has 2 atom stereocenters. The van der Waals surface area contributed by atoms with E-state index in [4.69, 9.17) is 15.6 Å². The predicted octanol–water partition coefficient (Wildman–Crippen LogP) is 3.72. The highest BCUT2D eigenvalue weighted by Crippen LogP contribution is 2.13. The molecule has 0 fully saturated rings. The van der Waals surface area contributed by atoms with Gasteiger partial charge >= 0.3 is 11.9 Å². The maximum absolute atomic E-state index is 12.0. The van der Waals surface area contributed by atoms with Gasteiger partial charge in [-0.3, -0.25) is 9.59 Å². The molecular weight excluding hydrogens is 456 g/mol. The van der Waals surface area contributed by atoms with Gasteiger partial charge in [-0.2, -0.15) is 11.8 Å². The average molecular weight is 505 g/mol. The minimum absolute atomic E-state index is 0.186. The molecule has 8 nitrogen and oxygen atoms in total. The number of methoxy groups -OCH3 is 1. The van der Waals surface area contributed by atoms with Crippen molar-refractivity contribution in [2.45, 2.75) is 109 Å². The van der Waals surface area contributed by atoms with Crippen molar-refractivity contribution >= 4 is 29.6 Å². The van der Waals surface area contributed by atoms with Crippen LogP contribution in [0.2, 0.25) is 0 Å². The molecule has 34 heavy (non-hydrogen) atoms. The molecule has 0 aliphatic carbocycles. The smallest absolute Gasteiger partial charge is 0.330 e. The molecule has 0 saturated carbocycles. The number of carbonyl (C=O) groups excluding carboxylic acids is 3. The number of ether oxygens (including phenoxy) is 2. The predicted molar refractivity (Wildman–Crippen MR) is 138 cm³/mol. The highest BCUT2D eigenvalue weighted by atomic mass is 32.2. The highest BCUT2D eigenvalue weighted by molar-refractivity contribution is 7.99. The third kappa shape index (κ3) is 19.0. The lowest BCUT2D eigenvalue weighted by Gasteiger charge is -2.17. The van der Waals surface area contributed by atoms with Crippen LogP contribution in [0.15, 0.2) is 0 Å². The van der Waals surface area contributed by atoms with Crippen LogP contribution in [0.1, 0.15) is 96.8 Å². The lowest BCUT2D eigenvalue weighted by atomic mass is 10.0. The van der Waals surface area contributed by atoms with Crippen LogP contribution in [-0.4, -0.2) is 66.9 Å². The zero-order valence-corrected chi connectivity index (χ0v) is 22.2. The third-order valence-electron chi connectivity index (χ3n) is 5.59. The summed E-state index contributed by atoms with van der Waals surface area (Å²) in [6.07, 6.45) is 17.0. The number of carbonyl (C=O) groups is 3. The fourth-order valence-electron chi connectivity index (χ4n) is 3.46. The van der Waals surface area contributed by atoms with Gasteiger partial charge in [-0.15, -0.1) is 0 Å². The summed E-state index contributed by atoms with van der Waals surface area (Å²) in [6, 6.07) is -1.97. The van der Waals surface area contributed by atoms with E-state index < -0.39 is 30.6 Å². The lowest BCUT2D eigenvalue weighted by molar-refractivity contribution is -0.146. The Balaban J connectivity index is 3.54. The number of hydrogen-bond acceptors (Lipinski definition) is 8. The maximum atomic E-state index is 12.0. The summed E-state index contributed by atoms with van der Waals surface area (Å²) >= 11 is 1.39. The Morgan fingerprint density at radius 2 is 1.44 bits per heavy atom. The van der Waals surface area contributed by atoms with Crippen molar-refractivity contribution < 1.29 is 29.0 Å². The minimum Gasteiger partial charge on any atom is -0.467 e. The van der Waals surface area contributed by atoms with E-state index in [1.54, 1.807) is 0 Å². The SMILES string of the molecule is CCCCCCCCCCCCCCCC(=O)OCCSC[C@H](N)C(=O)N[C@@H](CO)C(=O)OC. The molecule has 9 heteroatoms. The van der Waals surface area contributed by atoms with Gasteiger partial charge in [-0.05, 0) is 6.42 Å². The summed E-state index contributed by atoms with van der Waals surface area (Å²) in [5.41, 5.74) is 5.79. The summed E-state index contributed by atoms with van der Waals surface area (Å²) in [5, 5.41) is 11.5. The number of nitrogens with two attached hydrogens (primary N) is 1. The van der Waals surface area contributed by atoms with Gasteiger partial charge in [0.05, 0.1) is 19.8 Å². The number of aliphatic hydroxyl groups is 1. The van der Waals surface area contributed by atoms with Gasteiger partial charge in [-0.1, -0.05) is 84.0 Å². The molecule has 1 amide bonds. The molecule has 0 aliphatic heterocycles. The number of amides is 1. The molecular formula is C25H48N2O6S. The molecule has 0 saturated heterocycles. The third-order valence-corrected chi connectivity index (χ3v) is 6.64. The Labute approximate surface area is 210 Å². The van der Waals surface area contributed by atoms with Crippen molar-refractivity contribution in [3.63, 3.8) is 0 Å². The molecule has 0 aromatic rings. The summed E-state index contributed by atoms with van der Waals surface area (Å²) in [7, 11) is 1.17. The summed E-state index contributed by atoms with van der Waals surface area (Å²) in [6.45, 7) is 1.96. The van der Waals surface area contributed by atoms with E-state index in [0.29, 0.717) is 17.9 Å². The second-order valence-corrected chi connectivity index (χ2v) is 9.81. The number of aliphatic hydroxyl groups excluding tert-OH is 1. The first kappa shape index (κ1) is 32.7. The Morgan fingerprint density at radius 3 is 1.94 bits per heavy atom. The minimum atomic E-state index is -1.13. The molecule has 0 rings (SSSR count). The van der Waals surface area contributed by atoms with Crippen molar-refractivity contribution in [3.8, 4) is 0 Å². The van der Waals surface area contributed by atoms with Gasteiger partial charge in [0.25, 0.3) is 0 Å². The van der Waals surface area contributed by atoms with Crippen LogP contribution >= 0.6 is 11.8 Å². The average Bonchev–Trinajstić information content (AvgIpc) is 2.84. The zero-order valence-electron chi connectivity index (χ0n) is 21.4. The van der Waals surface area contributed by atoms with E-state index >= 15 is 0 Å². The van der Waals surface area contributed by atoms with Crippen LogP contribution in [0.3, 0.4) is 0 Å². The number of thioether (sulfide) groups is 1. The summed E-state index contributed by atoms with van der Waals surface area (Å²) < 4.78 is 9.71. The largest absolute Gasteiger partial charge is 0.467 e. The number of hydrogen-bond donors (Lipinski definition) is 3. The molecule has 0 aliphatic rings.